The first-order chi connectivity index (χ1) is 8.59. The Morgan fingerprint density at radius 3 is 2.56 bits per heavy atom. The van der Waals surface area contributed by atoms with Gasteiger partial charge in [0.05, 0.1) is 6.10 Å². The van der Waals surface area contributed by atoms with Crippen molar-refractivity contribution in [2.45, 2.75) is 12.5 Å². The van der Waals surface area contributed by atoms with Crippen molar-refractivity contribution in [3.8, 4) is 0 Å². The van der Waals surface area contributed by atoms with E-state index in [1.54, 1.807) is 12.1 Å². The highest BCUT2D eigenvalue weighted by Gasteiger charge is 2.16. The molecule has 18 heavy (non-hydrogen) atoms. The van der Waals surface area contributed by atoms with Crippen molar-refractivity contribution in [3.63, 3.8) is 0 Å². The van der Waals surface area contributed by atoms with Crippen LogP contribution in [0, 0.1) is 9.39 Å². The Hall–Kier alpha value is -0.650. The van der Waals surface area contributed by atoms with Gasteiger partial charge in [-0.3, -0.25) is 0 Å². The van der Waals surface area contributed by atoms with E-state index in [0.717, 1.165) is 9.13 Å². The molecule has 1 nitrogen and oxygen atoms in total. The molecule has 94 valence electrons. The molecule has 0 heterocycles. The van der Waals surface area contributed by atoms with E-state index in [1.165, 1.54) is 6.07 Å². The topological polar surface area (TPSA) is 20.2 Å². The monoisotopic (exact) mass is 376 g/mol. The van der Waals surface area contributed by atoms with Gasteiger partial charge in [0.25, 0.3) is 0 Å². The average molecular weight is 377 g/mol. The zero-order valence-corrected chi connectivity index (χ0v) is 12.3. The van der Waals surface area contributed by atoms with Gasteiger partial charge in [-0.15, -0.1) is 0 Å². The molecule has 0 fully saturated rings. The summed E-state index contributed by atoms with van der Waals surface area (Å²) in [5, 5.41) is 10.5. The molecule has 1 unspecified atom stereocenters. The fraction of sp³-hybridized carbons (Fsp3) is 0.143. The second-order valence-corrected chi connectivity index (χ2v) is 5.51. The number of aliphatic hydroxyl groups is 1. The standard InChI is InChI=1S/C14H11ClFIO/c15-11-5-3-6-12(16)10(11)8-14(18)9-4-1-2-7-13(9)17/h1-7,14,18H,8H2. The van der Waals surface area contributed by atoms with Gasteiger partial charge in [0, 0.05) is 20.6 Å². The molecule has 0 aliphatic carbocycles. The minimum absolute atomic E-state index is 0.172. The van der Waals surface area contributed by atoms with Crippen LogP contribution in [0.25, 0.3) is 0 Å². The fourth-order valence-electron chi connectivity index (χ4n) is 1.78. The molecule has 0 aromatic heterocycles. The summed E-state index contributed by atoms with van der Waals surface area (Å²) in [6.45, 7) is 0. The minimum Gasteiger partial charge on any atom is -0.388 e. The molecule has 0 saturated heterocycles. The maximum Gasteiger partial charge on any atom is 0.127 e. The number of rotatable bonds is 3. The van der Waals surface area contributed by atoms with Crippen LogP contribution in [0.2, 0.25) is 5.02 Å². The fourth-order valence-corrected chi connectivity index (χ4v) is 2.76. The summed E-state index contributed by atoms with van der Waals surface area (Å²) in [4.78, 5) is 0. The van der Waals surface area contributed by atoms with Crippen LogP contribution in [0.1, 0.15) is 17.2 Å². The zero-order valence-electron chi connectivity index (χ0n) is 9.41. The van der Waals surface area contributed by atoms with Crippen molar-refractivity contribution >= 4 is 34.2 Å². The zero-order chi connectivity index (χ0) is 13.1. The van der Waals surface area contributed by atoms with E-state index in [9.17, 15) is 9.50 Å². The molecule has 0 spiro atoms. The molecular formula is C14H11ClFIO. The van der Waals surface area contributed by atoms with Gasteiger partial charge in [0.1, 0.15) is 5.82 Å². The maximum atomic E-state index is 13.6. The molecule has 0 aliphatic rings. The normalized spacial score (nSPS) is 12.4. The summed E-state index contributed by atoms with van der Waals surface area (Å²) in [6.07, 6.45) is -0.585. The first kappa shape index (κ1) is 13.8. The first-order valence-electron chi connectivity index (χ1n) is 5.45. The van der Waals surface area contributed by atoms with Gasteiger partial charge in [-0.25, -0.2) is 4.39 Å². The molecule has 0 amide bonds. The molecule has 4 heteroatoms. The molecule has 2 rings (SSSR count). The van der Waals surface area contributed by atoms with Crippen LogP contribution in [-0.2, 0) is 6.42 Å². The smallest absolute Gasteiger partial charge is 0.127 e. The summed E-state index contributed by atoms with van der Waals surface area (Å²) in [7, 11) is 0. The Bertz CT molecular complexity index is 539. The number of halogens is 3. The molecule has 1 N–H and O–H groups in total. The highest BCUT2D eigenvalue weighted by molar-refractivity contribution is 14.1. The Morgan fingerprint density at radius 2 is 1.89 bits per heavy atom. The third-order valence-corrected chi connectivity index (χ3v) is 4.06. The lowest BCUT2D eigenvalue weighted by Gasteiger charge is -2.14. The van der Waals surface area contributed by atoms with Gasteiger partial charge in [0.15, 0.2) is 0 Å². The number of hydrogen-bond donors (Lipinski definition) is 1. The molecule has 0 saturated carbocycles. The summed E-state index contributed by atoms with van der Waals surface area (Å²) in [5.74, 6) is -0.382. The Labute approximate surface area is 124 Å². The van der Waals surface area contributed by atoms with Crippen LogP contribution in [0.4, 0.5) is 4.39 Å². The molecule has 2 aromatic carbocycles. The Kier molecular flexibility index (Phi) is 4.59. The van der Waals surface area contributed by atoms with Crippen LogP contribution in [0.3, 0.4) is 0 Å². The van der Waals surface area contributed by atoms with Gasteiger partial charge in [-0.05, 0) is 46.4 Å². The Balaban J connectivity index is 2.27. The molecule has 2 aromatic rings. The quantitative estimate of drug-likeness (QED) is 0.789. The van der Waals surface area contributed by atoms with Crippen molar-refractivity contribution in [2.75, 3.05) is 0 Å². The van der Waals surface area contributed by atoms with Gasteiger partial charge in [0.2, 0.25) is 0 Å². The predicted molar refractivity (Wildman–Crippen MR) is 79.2 cm³/mol. The molecule has 0 bridgehead atoms. The summed E-state index contributed by atoms with van der Waals surface area (Å²) < 4.78 is 14.6. The maximum absolute atomic E-state index is 13.6. The number of hydrogen-bond acceptors (Lipinski definition) is 1. The van der Waals surface area contributed by atoms with E-state index in [-0.39, 0.29) is 12.2 Å². The first-order valence-corrected chi connectivity index (χ1v) is 6.90. The second kappa shape index (κ2) is 5.99. The van der Waals surface area contributed by atoms with E-state index < -0.39 is 6.10 Å². The van der Waals surface area contributed by atoms with Crippen LogP contribution < -0.4 is 0 Å². The van der Waals surface area contributed by atoms with Crippen LogP contribution >= 0.6 is 34.2 Å². The summed E-state index contributed by atoms with van der Waals surface area (Å²) in [6, 6.07) is 12.0. The summed E-state index contributed by atoms with van der Waals surface area (Å²) in [5.41, 5.74) is 1.14. The third kappa shape index (κ3) is 3.02. The van der Waals surface area contributed by atoms with Gasteiger partial charge in [-0.1, -0.05) is 35.9 Å². The number of benzene rings is 2. The van der Waals surface area contributed by atoms with E-state index in [2.05, 4.69) is 22.6 Å². The van der Waals surface area contributed by atoms with Crippen molar-refractivity contribution in [3.05, 3.63) is 68.0 Å². The van der Waals surface area contributed by atoms with Crippen molar-refractivity contribution in [2.24, 2.45) is 0 Å². The van der Waals surface area contributed by atoms with Gasteiger partial charge >= 0.3 is 0 Å². The largest absolute Gasteiger partial charge is 0.388 e. The van der Waals surface area contributed by atoms with E-state index in [4.69, 9.17) is 11.6 Å². The molecule has 0 aliphatic heterocycles. The van der Waals surface area contributed by atoms with Crippen molar-refractivity contribution < 1.29 is 9.50 Å². The lowest BCUT2D eigenvalue weighted by atomic mass is 10.0. The number of aliphatic hydroxyl groups excluding tert-OH is 1. The Morgan fingerprint density at radius 1 is 1.17 bits per heavy atom. The van der Waals surface area contributed by atoms with Gasteiger partial charge < -0.3 is 5.11 Å². The highest BCUT2D eigenvalue weighted by atomic mass is 127. The summed E-state index contributed by atoms with van der Waals surface area (Å²) >= 11 is 8.10. The van der Waals surface area contributed by atoms with Gasteiger partial charge in [-0.2, -0.15) is 0 Å². The second-order valence-electron chi connectivity index (χ2n) is 3.94. The molecule has 0 radical (unpaired) electrons. The van der Waals surface area contributed by atoms with E-state index in [0.29, 0.717) is 10.6 Å². The van der Waals surface area contributed by atoms with Crippen LogP contribution in [0.5, 0.6) is 0 Å². The van der Waals surface area contributed by atoms with Crippen LogP contribution in [-0.4, -0.2) is 5.11 Å². The average Bonchev–Trinajstić information content (AvgIpc) is 2.34. The third-order valence-electron chi connectivity index (χ3n) is 2.72. The molecular weight excluding hydrogens is 366 g/mol. The van der Waals surface area contributed by atoms with E-state index in [1.807, 2.05) is 24.3 Å². The lowest BCUT2D eigenvalue weighted by Crippen LogP contribution is -2.05. The minimum atomic E-state index is -0.757. The van der Waals surface area contributed by atoms with Crippen molar-refractivity contribution in [1.82, 2.24) is 0 Å². The predicted octanol–water partition coefficient (Wildman–Crippen LogP) is 4.36. The lowest BCUT2D eigenvalue weighted by molar-refractivity contribution is 0.176. The van der Waals surface area contributed by atoms with Crippen molar-refractivity contribution in [1.29, 1.82) is 0 Å². The SMILES string of the molecule is OC(Cc1c(F)cccc1Cl)c1ccccc1I. The van der Waals surface area contributed by atoms with Crippen LogP contribution in [0.15, 0.2) is 42.5 Å². The van der Waals surface area contributed by atoms with E-state index >= 15 is 0 Å². The highest BCUT2D eigenvalue weighted by Crippen LogP contribution is 2.27. The molecule has 1 atom stereocenters.